The van der Waals surface area contributed by atoms with E-state index in [1.165, 1.54) is 6.07 Å². The SMILES string of the molecule is CCCCNC(C)(C)C(C)(C)NC(=O)c1cc(CO)on1. The lowest BCUT2D eigenvalue weighted by Crippen LogP contribution is -2.64. The lowest BCUT2D eigenvalue weighted by Gasteiger charge is -2.43. The first-order valence-corrected chi connectivity index (χ1v) is 7.37. The molecule has 0 aliphatic heterocycles. The van der Waals surface area contributed by atoms with Gasteiger partial charge in [-0.1, -0.05) is 18.5 Å². The van der Waals surface area contributed by atoms with Crippen LogP contribution in [0.15, 0.2) is 10.6 Å². The first-order valence-electron chi connectivity index (χ1n) is 7.37. The normalized spacial score (nSPS) is 12.5. The highest BCUT2D eigenvalue weighted by Gasteiger charge is 2.38. The molecule has 1 aromatic heterocycles. The molecule has 3 N–H and O–H groups in total. The van der Waals surface area contributed by atoms with Crippen molar-refractivity contribution in [1.82, 2.24) is 15.8 Å². The predicted octanol–water partition coefficient (Wildman–Crippen LogP) is 1.84. The molecule has 1 heterocycles. The Labute approximate surface area is 126 Å². The second-order valence-electron chi connectivity index (χ2n) is 6.32. The summed E-state index contributed by atoms with van der Waals surface area (Å²) in [6, 6.07) is 1.45. The molecule has 0 fully saturated rings. The first kappa shape index (κ1) is 17.7. The van der Waals surface area contributed by atoms with Gasteiger partial charge in [0.1, 0.15) is 6.61 Å². The zero-order chi connectivity index (χ0) is 16.1. The van der Waals surface area contributed by atoms with E-state index < -0.39 is 5.54 Å². The average molecular weight is 297 g/mol. The maximum absolute atomic E-state index is 12.2. The van der Waals surface area contributed by atoms with Gasteiger partial charge >= 0.3 is 0 Å². The molecule has 0 atom stereocenters. The van der Waals surface area contributed by atoms with Crippen LogP contribution < -0.4 is 10.6 Å². The number of rotatable bonds is 8. The number of unbranched alkanes of at least 4 members (excludes halogenated alkanes) is 1. The fourth-order valence-corrected chi connectivity index (χ4v) is 1.80. The zero-order valence-corrected chi connectivity index (χ0v) is 13.6. The number of hydrogen-bond acceptors (Lipinski definition) is 5. The number of nitrogens with one attached hydrogen (secondary N) is 2. The van der Waals surface area contributed by atoms with Crippen LogP contribution in [0.2, 0.25) is 0 Å². The summed E-state index contributed by atoms with van der Waals surface area (Å²) in [4.78, 5) is 12.2. The third-order valence-electron chi connectivity index (χ3n) is 4.03. The maximum atomic E-state index is 12.2. The Morgan fingerprint density at radius 3 is 2.52 bits per heavy atom. The van der Waals surface area contributed by atoms with Crippen LogP contribution in [0.1, 0.15) is 63.7 Å². The van der Waals surface area contributed by atoms with Crippen LogP contribution in [0.3, 0.4) is 0 Å². The van der Waals surface area contributed by atoms with Gasteiger partial charge < -0.3 is 20.3 Å². The van der Waals surface area contributed by atoms with Crippen LogP contribution in [-0.2, 0) is 6.61 Å². The van der Waals surface area contributed by atoms with Gasteiger partial charge in [-0.25, -0.2) is 0 Å². The molecule has 0 unspecified atom stereocenters. The van der Waals surface area contributed by atoms with E-state index in [2.05, 4.69) is 36.6 Å². The topological polar surface area (TPSA) is 87.4 Å². The fraction of sp³-hybridized carbons (Fsp3) is 0.733. The molecule has 120 valence electrons. The Hall–Kier alpha value is -1.40. The van der Waals surface area contributed by atoms with Crippen molar-refractivity contribution >= 4 is 5.91 Å². The van der Waals surface area contributed by atoms with Gasteiger partial charge in [-0.3, -0.25) is 4.79 Å². The number of amides is 1. The smallest absolute Gasteiger partial charge is 0.273 e. The molecule has 0 radical (unpaired) electrons. The number of carbonyl (C=O) groups is 1. The lowest BCUT2D eigenvalue weighted by molar-refractivity contribution is 0.0842. The molecule has 0 bridgehead atoms. The van der Waals surface area contributed by atoms with Crippen LogP contribution in [0, 0.1) is 0 Å². The van der Waals surface area contributed by atoms with Gasteiger partial charge in [0.2, 0.25) is 0 Å². The van der Waals surface area contributed by atoms with Crippen molar-refractivity contribution in [3.63, 3.8) is 0 Å². The number of carbonyl (C=O) groups excluding carboxylic acids is 1. The minimum absolute atomic E-state index is 0.177. The van der Waals surface area contributed by atoms with E-state index >= 15 is 0 Å². The molecule has 0 aliphatic carbocycles. The number of hydrogen-bond donors (Lipinski definition) is 3. The molecule has 6 nitrogen and oxygen atoms in total. The summed E-state index contributed by atoms with van der Waals surface area (Å²) in [5.41, 5.74) is -0.575. The van der Waals surface area contributed by atoms with Crippen molar-refractivity contribution in [3.05, 3.63) is 17.5 Å². The van der Waals surface area contributed by atoms with Crippen LogP contribution in [0.4, 0.5) is 0 Å². The van der Waals surface area contributed by atoms with E-state index in [4.69, 9.17) is 9.63 Å². The molecule has 0 saturated heterocycles. The van der Waals surface area contributed by atoms with Crippen LogP contribution in [0.5, 0.6) is 0 Å². The highest BCUT2D eigenvalue weighted by molar-refractivity contribution is 5.92. The minimum Gasteiger partial charge on any atom is -0.388 e. The molecule has 0 spiro atoms. The molecule has 21 heavy (non-hydrogen) atoms. The monoisotopic (exact) mass is 297 g/mol. The number of aliphatic hydroxyl groups is 1. The van der Waals surface area contributed by atoms with Crippen LogP contribution >= 0.6 is 0 Å². The summed E-state index contributed by atoms with van der Waals surface area (Å²) < 4.78 is 4.84. The molecule has 0 aliphatic rings. The standard InChI is InChI=1S/C15H27N3O3/c1-6-7-8-16-14(2,3)15(4,5)17-13(20)12-9-11(10-19)21-18-12/h9,16,19H,6-8,10H2,1-5H3,(H,17,20). The number of aliphatic hydroxyl groups excluding tert-OH is 1. The molecular formula is C15H27N3O3. The summed E-state index contributed by atoms with van der Waals surface area (Å²) in [6.07, 6.45) is 2.22. The van der Waals surface area contributed by atoms with E-state index in [-0.39, 0.29) is 29.5 Å². The molecule has 1 rings (SSSR count). The Kier molecular flexibility index (Phi) is 5.92. The van der Waals surface area contributed by atoms with Crippen molar-refractivity contribution in [1.29, 1.82) is 0 Å². The first-order chi connectivity index (χ1) is 9.73. The molecule has 0 aromatic carbocycles. The van der Waals surface area contributed by atoms with Crippen molar-refractivity contribution in [2.24, 2.45) is 0 Å². The van der Waals surface area contributed by atoms with Crippen molar-refractivity contribution in [2.75, 3.05) is 6.54 Å². The van der Waals surface area contributed by atoms with E-state index in [0.717, 1.165) is 19.4 Å². The predicted molar refractivity (Wildman–Crippen MR) is 81.0 cm³/mol. The second-order valence-corrected chi connectivity index (χ2v) is 6.32. The Bertz CT molecular complexity index is 466. The molecular weight excluding hydrogens is 270 g/mol. The summed E-state index contributed by atoms with van der Waals surface area (Å²) in [7, 11) is 0. The Morgan fingerprint density at radius 1 is 1.33 bits per heavy atom. The van der Waals surface area contributed by atoms with Gasteiger partial charge in [0.05, 0.1) is 5.54 Å². The Balaban J connectivity index is 2.71. The minimum atomic E-state index is -0.476. The van der Waals surface area contributed by atoms with Crippen LogP contribution in [0.25, 0.3) is 0 Å². The van der Waals surface area contributed by atoms with E-state index in [1.807, 2.05) is 13.8 Å². The summed E-state index contributed by atoms with van der Waals surface area (Å²) in [5, 5.41) is 19.0. The fourth-order valence-electron chi connectivity index (χ4n) is 1.80. The molecule has 0 saturated carbocycles. The molecule has 1 aromatic rings. The van der Waals surface area contributed by atoms with Gasteiger partial charge in [-0.15, -0.1) is 0 Å². The summed E-state index contributed by atoms with van der Waals surface area (Å²) in [5.74, 6) is -0.0351. The summed E-state index contributed by atoms with van der Waals surface area (Å²) in [6.45, 7) is 10.8. The van der Waals surface area contributed by atoms with Gasteiger partial charge in [-0.2, -0.15) is 0 Å². The largest absolute Gasteiger partial charge is 0.388 e. The van der Waals surface area contributed by atoms with Crippen molar-refractivity contribution in [2.45, 2.75) is 65.1 Å². The van der Waals surface area contributed by atoms with Crippen molar-refractivity contribution < 1.29 is 14.4 Å². The third-order valence-corrected chi connectivity index (χ3v) is 4.03. The van der Waals surface area contributed by atoms with Gasteiger partial charge in [-0.05, 0) is 40.7 Å². The van der Waals surface area contributed by atoms with Crippen molar-refractivity contribution in [3.8, 4) is 0 Å². The van der Waals surface area contributed by atoms with Gasteiger partial charge in [0.15, 0.2) is 11.5 Å². The second kappa shape index (κ2) is 7.04. The number of nitrogens with zero attached hydrogens (tertiary/aromatic N) is 1. The molecule has 6 heteroatoms. The van der Waals surface area contributed by atoms with E-state index in [9.17, 15) is 4.79 Å². The average Bonchev–Trinajstić information content (AvgIpc) is 2.87. The highest BCUT2D eigenvalue weighted by atomic mass is 16.5. The highest BCUT2D eigenvalue weighted by Crippen LogP contribution is 2.22. The van der Waals surface area contributed by atoms with Crippen LogP contribution in [-0.4, -0.2) is 33.8 Å². The third kappa shape index (κ3) is 4.54. The Morgan fingerprint density at radius 2 is 2.00 bits per heavy atom. The van der Waals surface area contributed by atoms with E-state index in [1.54, 1.807) is 0 Å². The summed E-state index contributed by atoms with van der Waals surface area (Å²) >= 11 is 0. The zero-order valence-electron chi connectivity index (χ0n) is 13.6. The van der Waals surface area contributed by atoms with Gasteiger partial charge in [0.25, 0.3) is 5.91 Å². The number of aromatic nitrogens is 1. The maximum Gasteiger partial charge on any atom is 0.273 e. The molecule has 1 amide bonds. The lowest BCUT2D eigenvalue weighted by atomic mass is 9.82. The van der Waals surface area contributed by atoms with E-state index in [0.29, 0.717) is 0 Å². The van der Waals surface area contributed by atoms with Gasteiger partial charge in [0, 0.05) is 11.6 Å². The quantitative estimate of drug-likeness (QED) is 0.637.